The molecule has 0 atom stereocenters. The van der Waals surface area contributed by atoms with Crippen molar-refractivity contribution in [3.8, 4) is 44.5 Å². The van der Waals surface area contributed by atoms with Crippen LogP contribution in [0.25, 0.3) is 44.5 Å². The van der Waals surface area contributed by atoms with Crippen molar-refractivity contribution in [1.29, 1.82) is 0 Å². The molecule has 0 radical (unpaired) electrons. The van der Waals surface area contributed by atoms with Crippen LogP contribution < -0.4 is 4.90 Å². The Morgan fingerprint density at radius 1 is 0.310 bits per heavy atom. The van der Waals surface area contributed by atoms with E-state index in [1.807, 2.05) is 0 Å². The number of hydrogen-bond acceptors (Lipinski definition) is 1. The molecule has 354 valence electrons. The minimum atomic E-state index is -0.501. The van der Waals surface area contributed by atoms with Gasteiger partial charge in [0, 0.05) is 22.4 Å². The lowest BCUT2D eigenvalue weighted by atomic mass is 9.62. The Hall–Kier alpha value is -6.44. The molecule has 0 heterocycles. The third-order valence-electron chi connectivity index (χ3n) is 19.3. The van der Waals surface area contributed by atoms with Crippen molar-refractivity contribution in [2.75, 3.05) is 4.90 Å². The van der Waals surface area contributed by atoms with E-state index >= 15 is 0 Å². The molecule has 0 saturated heterocycles. The van der Waals surface area contributed by atoms with E-state index in [1.165, 1.54) is 157 Å². The van der Waals surface area contributed by atoms with Crippen LogP contribution in [0.5, 0.6) is 0 Å². The first-order chi connectivity index (χ1) is 34.1. The maximum Gasteiger partial charge on any atom is 0.0726 e. The summed E-state index contributed by atoms with van der Waals surface area (Å²) in [7, 11) is 0. The van der Waals surface area contributed by atoms with Gasteiger partial charge in [0.1, 0.15) is 0 Å². The highest BCUT2D eigenvalue weighted by Gasteiger charge is 2.53. The zero-order chi connectivity index (χ0) is 48.7. The molecule has 5 aliphatic rings. The normalized spacial score (nSPS) is 19.5. The zero-order valence-corrected chi connectivity index (χ0v) is 43.3. The van der Waals surface area contributed by atoms with Crippen molar-refractivity contribution in [3.05, 3.63) is 220 Å². The Bertz CT molecular complexity index is 3350. The summed E-state index contributed by atoms with van der Waals surface area (Å²) in [5.41, 5.74) is 26.0. The molecule has 2 saturated carbocycles. The summed E-state index contributed by atoms with van der Waals surface area (Å²) >= 11 is 0. The Labute approximate surface area is 424 Å². The average Bonchev–Trinajstić information content (AvgIpc) is 3.94. The molecule has 1 nitrogen and oxygen atoms in total. The maximum atomic E-state index is 2.71. The Balaban J connectivity index is 1.07. The summed E-state index contributed by atoms with van der Waals surface area (Å²) < 4.78 is 0. The van der Waals surface area contributed by atoms with Gasteiger partial charge in [-0.05, 0) is 187 Å². The highest BCUT2D eigenvalue weighted by Crippen LogP contribution is 2.65. The molecule has 5 aliphatic carbocycles. The van der Waals surface area contributed by atoms with E-state index in [0.29, 0.717) is 10.8 Å². The van der Waals surface area contributed by atoms with Gasteiger partial charge in [0.25, 0.3) is 0 Å². The molecule has 0 N–H and O–H groups in total. The molecule has 0 aliphatic heterocycles. The first kappa shape index (κ1) is 44.5. The summed E-state index contributed by atoms with van der Waals surface area (Å²) in [6, 6.07) is 68.9. The number of fused-ring (bicyclic) bond motifs is 13. The predicted molar refractivity (Wildman–Crippen MR) is 300 cm³/mol. The fourth-order valence-corrected chi connectivity index (χ4v) is 14.4. The number of rotatable bonds is 6. The van der Waals surface area contributed by atoms with E-state index in [0.717, 1.165) is 0 Å². The quantitative estimate of drug-likeness (QED) is 0.161. The molecule has 0 aromatic heterocycles. The second-order valence-corrected chi connectivity index (χ2v) is 25.1. The molecule has 0 bridgehead atoms. The molecule has 8 aromatic carbocycles. The van der Waals surface area contributed by atoms with Gasteiger partial charge in [-0.3, -0.25) is 0 Å². The fourth-order valence-electron chi connectivity index (χ4n) is 14.4. The topological polar surface area (TPSA) is 3.24 Å². The molecule has 8 aromatic rings. The first-order valence-corrected chi connectivity index (χ1v) is 26.8. The van der Waals surface area contributed by atoms with E-state index in [-0.39, 0.29) is 16.2 Å². The molecular weight excluding hydrogens is 855 g/mol. The summed E-state index contributed by atoms with van der Waals surface area (Å²) in [4.78, 5) is 2.58. The number of benzene rings is 8. The molecule has 0 unspecified atom stereocenters. The molecule has 2 fully saturated rings. The van der Waals surface area contributed by atoms with E-state index in [9.17, 15) is 0 Å². The van der Waals surface area contributed by atoms with Crippen LogP contribution in [-0.4, -0.2) is 0 Å². The van der Waals surface area contributed by atoms with E-state index in [4.69, 9.17) is 0 Å². The Kier molecular flexibility index (Phi) is 9.73. The van der Waals surface area contributed by atoms with Gasteiger partial charge in [0.05, 0.1) is 11.1 Å². The van der Waals surface area contributed by atoms with Crippen molar-refractivity contribution in [2.45, 2.75) is 128 Å². The fraction of sp³-hybridized carbons (Fsp3) is 0.314. The largest absolute Gasteiger partial charge is 0.310 e. The molecule has 13 rings (SSSR count). The number of nitrogens with zero attached hydrogens (tertiary/aromatic N) is 1. The van der Waals surface area contributed by atoms with Crippen LogP contribution in [0.1, 0.15) is 151 Å². The lowest BCUT2D eigenvalue weighted by Gasteiger charge is -2.43. The Morgan fingerprint density at radius 3 is 1.25 bits per heavy atom. The maximum absolute atomic E-state index is 2.71. The average molecular weight is 924 g/mol. The first-order valence-electron chi connectivity index (χ1n) is 26.8. The zero-order valence-electron chi connectivity index (χ0n) is 43.3. The van der Waals surface area contributed by atoms with Crippen molar-refractivity contribution in [2.24, 2.45) is 10.8 Å². The van der Waals surface area contributed by atoms with E-state index in [1.54, 1.807) is 0 Å². The highest BCUT2D eigenvalue weighted by atomic mass is 15.1. The number of para-hydroxylation sites is 1. The molecule has 0 amide bonds. The van der Waals surface area contributed by atoms with Crippen LogP contribution in [0.4, 0.5) is 17.1 Å². The second kappa shape index (κ2) is 15.5. The van der Waals surface area contributed by atoms with Gasteiger partial charge < -0.3 is 4.90 Å². The van der Waals surface area contributed by atoms with Crippen LogP contribution in [0.3, 0.4) is 0 Å². The highest BCUT2D eigenvalue weighted by molar-refractivity contribution is 5.98. The minimum Gasteiger partial charge on any atom is -0.310 e. The van der Waals surface area contributed by atoms with Gasteiger partial charge in [0.2, 0.25) is 0 Å². The van der Waals surface area contributed by atoms with Crippen LogP contribution in [0, 0.1) is 10.8 Å². The summed E-state index contributed by atoms with van der Waals surface area (Å²) in [5.74, 6) is 0. The summed E-state index contributed by atoms with van der Waals surface area (Å²) in [5, 5.41) is 0. The number of anilines is 3. The third kappa shape index (κ3) is 6.63. The van der Waals surface area contributed by atoms with Crippen molar-refractivity contribution < 1.29 is 0 Å². The standard InChI is InChI=1S/C70H69N/c1-65(2)34-38-68(7,39-35-65)47-26-30-55-56-31-27-48(69(8)40-36-66(3,4)37-41-69)43-62(56)70(61(55)42-47)59-24-16-13-22-53(59)57-33-29-50(45-63(57)70)71(64-25-17-14-20-51(64)46-18-10-9-11-19-46)49-28-32-54-52-21-12-15-23-58(52)67(5,6)60(54)44-49/h9-33,42-45H,34-41H2,1-8H3. The van der Waals surface area contributed by atoms with Crippen LogP contribution in [0.15, 0.2) is 176 Å². The van der Waals surface area contributed by atoms with E-state index in [2.05, 4.69) is 236 Å². The van der Waals surface area contributed by atoms with Gasteiger partial charge in [-0.25, -0.2) is 0 Å². The van der Waals surface area contributed by atoms with Crippen molar-refractivity contribution >= 4 is 17.1 Å². The second-order valence-electron chi connectivity index (χ2n) is 25.1. The van der Waals surface area contributed by atoms with Gasteiger partial charge in [-0.2, -0.15) is 0 Å². The van der Waals surface area contributed by atoms with Crippen molar-refractivity contribution in [3.63, 3.8) is 0 Å². The summed E-state index contributed by atoms with van der Waals surface area (Å²) in [6.45, 7) is 19.8. The molecule has 71 heavy (non-hydrogen) atoms. The van der Waals surface area contributed by atoms with Gasteiger partial charge in [0.15, 0.2) is 0 Å². The van der Waals surface area contributed by atoms with Crippen LogP contribution in [-0.2, 0) is 21.7 Å². The predicted octanol–water partition coefficient (Wildman–Crippen LogP) is 19.2. The van der Waals surface area contributed by atoms with E-state index < -0.39 is 5.41 Å². The molecular formula is C70H69N. The summed E-state index contributed by atoms with van der Waals surface area (Å²) in [6.07, 6.45) is 9.89. The monoisotopic (exact) mass is 924 g/mol. The minimum absolute atomic E-state index is 0.121. The number of hydrogen-bond donors (Lipinski definition) is 0. The van der Waals surface area contributed by atoms with Gasteiger partial charge >= 0.3 is 0 Å². The Morgan fingerprint density at radius 2 is 0.704 bits per heavy atom. The van der Waals surface area contributed by atoms with Crippen LogP contribution >= 0.6 is 0 Å². The smallest absolute Gasteiger partial charge is 0.0726 e. The third-order valence-corrected chi connectivity index (χ3v) is 19.3. The van der Waals surface area contributed by atoms with Gasteiger partial charge in [-0.15, -0.1) is 0 Å². The van der Waals surface area contributed by atoms with Crippen LogP contribution in [0.2, 0.25) is 0 Å². The SMILES string of the molecule is CC1(C)CCC(C)(c2ccc3c(c2)C2(c4ccccc4-c4ccc(N(c5ccc6c(c5)C(C)(C)c5ccccc5-6)c5ccccc5-c5ccccc5)cc42)c2cc(C4(C)CCC(C)(C)CC4)ccc2-3)CC1. The van der Waals surface area contributed by atoms with Gasteiger partial charge in [-0.1, -0.05) is 201 Å². The van der Waals surface area contributed by atoms with Crippen molar-refractivity contribution in [1.82, 2.24) is 0 Å². The molecule has 1 spiro atoms. The lowest BCUT2D eigenvalue weighted by Crippen LogP contribution is -2.33. The molecule has 1 heteroatoms. The lowest BCUT2D eigenvalue weighted by molar-refractivity contribution is 0.173.